The van der Waals surface area contributed by atoms with Gasteiger partial charge in [0.15, 0.2) is 0 Å². The first-order chi connectivity index (χ1) is 32.1. The molecule has 0 bridgehead atoms. The summed E-state index contributed by atoms with van der Waals surface area (Å²) < 4.78 is 97.9. The molecule has 71 heavy (non-hydrogen) atoms. The minimum Gasteiger partial charge on any atom is -0.744 e. The number of halogens is 1. The standard InChI is InChI=1S/C39H24FN9O14S4.4Na/c40-37-42-38(44-39(43-37)49-14-2-3-20(19-49)36(50)51)41-30-10-11-33(27-17-22(64-62-60-52)6-8-24(27)30)48-47-31-12-13-32(28-18-23(65-63-61-53)7-9-25(28)31)46-45-21-15-29-26(35(16-21)67(57,58)59)4-1-5-34(29)66(54,55)56;;;;/h1-19H,(H5-,41,42,43,44,50,51,52,53,54,55,56,57,58,59);;;;/q;4*+1/p-4. The van der Waals surface area contributed by atoms with Gasteiger partial charge in [-0.1, -0.05) is 24.3 Å². The molecule has 8 rings (SSSR count). The van der Waals surface area contributed by atoms with Crippen LogP contribution in [0.4, 0.5) is 38.8 Å². The molecule has 0 radical (unpaired) electrons. The Morgan fingerprint density at radius 3 is 1.80 bits per heavy atom. The van der Waals surface area contributed by atoms with Crippen molar-refractivity contribution in [2.45, 2.75) is 19.6 Å². The first-order valence-corrected chi connectivity index (χ1v) is 22.5. The van der Waals surface area contributed by atoms with Crippen LogP contribution in [0.1, 0.15) is 10.4 Å². The van der Waals surface area contributed by atoms with Crippen molar-refractivity contribution >= 4 is 117 Å². The Bertz CT molecular complexity index is 3600. The number of aromatic nitrogens is 4. The van der Waals surface area contributed by atoms with Crippen molar-refractivity contribution in [3.63, 3.8) is 0 Å². The first kappa shape index (κ1) is 60.5. The van der Waals surface area contributed by atoms with E-state index >= 15 is 0 Å². The number of benzene rings is 6. The molecule has 2 heterocycles. The van der Waals surface area contributed by atoms with Gasteiger partial charge in [-0.2, -0.15) is 13.8 Å². The number of hydrogen-bond donors (Lipinski definition) is 1. The number of anilines is 2. The number of nitrogens with one attached hydrogen (secondary N) is 1. The molecule has 23 nitrogen and oxygen atoms in total. The maximum absolute atomic E-state index is 14.8. The van der Waals surface area contributed by atoms with E-state index in [0.29, 0.717) is 61.1 Å². The monoisotopic (exact) mass is 1080 g/mol. The molecule has 0 saturated carbocycles. The van der Waals surface area contributed by atoms with Gasteiger partial charge in [0.05, 0.1) is 80.7 Å². The molecule has 0 aliphatic carbocycles. The molecule has 2 aromatic heterocycles. The molecule has 340 valence electrons. The van der Waals surface area contributed by atoms with Gasteiger partial charge in [0.25, 0.3) is 0 Å². The molecular weight excluding hydrogens is 1060 g/mol. The van der Waals surface area contributed by atoms with E-state index in [9.17, 15) is 50.7 Å². The molecular formula is C39H20FN9Na4O14S4. The summed E-state index contributed by atoms with van der Waals surface area (Å²) in [6, 6.07) is 23.2. The Morgan fingerprint density at radius 1 is 0.620 bits per heavy atom. The summed E-state index contributed by atoms with van der Waals surface area (Å²) in [5.74, 6) is -2.01. The molecule has 0 spiro atoms. The SMILES string of the molecule is O=C([O-])c1ccc[n+](-c2nc(F)nc(Nc3ccc(N=Nc4ccc(N=Nc5cc(S(=O)(=O)[O-])c6cccc(S(=O)(=O)[O-])c6c5)c5cc(SOO[O-])ccc45)c4cc(SOO[O-])ccc34)n2)c1.[Na+].[Na+].[Na+].[Na+]. The van der Waals surface area contributed by atoms with Gasteiger partial charge in [-0.3, -0.25) is 10.1 Å². The number of hydrogen-bond acceptors (Lipinski definition) is 24. The molecule has 0 saturated heterocycles. The molecule has 0 unspecified atom stereocenters. The van der Waals surface area contributed by atoms with Crippen LogP contribution in [0.25, 0.3) is 38.3 Å². The van der Waals surface area contributed by atoms with Crippen LogP contribution in [-0.4, -0.2) is 46.9 Å². The van der Waals surface area contributed by atoms with Crippen LogP contribution in [-0.2, 0) is 39.0 Å². The number of aromatic carboxylic acids is 1. The summed E-state index contributed by atoms with van der Waals surface area (Å²) in [7, 11) is -10.4. The van der Waals surface area contributed by atoms with Crippen LogP contribution in [0.15, 0.2) is 156 Å². The van der Waals surface area contributed by atoms with E-state index in [1.807, 2.05) is 0 Å². The Balaban J connectivity index is 0.00000274. The summed E-state index contributed by atoms with van der Waals surface area (Å²) in [6.07, 6.45) is 1.33. The van der Waals surface area contributed by atoms with E-state index < -0.39 is 42.1 Å². The Hall–Kier alpha value is -3.06. The minimum atomic E-state index is -5.23. The van der Waals surface area contributed by atoms with Gasteiger partial charge >= 0.3 is 136 Å². The van der Waals surface area contributed by atoms with E-state index in [1.165, 1.54) is 48.7 Å². The number of carbonyl (C=O) groups excluding carboxylic acids is 1. The third kappa shape index (κ3) is 14.6. The predicted octanol–water partition coefficient (Wildman–Crippen LogP) is -7.03. The van der Waals surface area contributed by atoms with Crippen molar-refractivity contribution in [3.05, 3.63) is 127 Å². The van der Waals surface area contributed by atoms with Crippen LogP contribution >= 0.6 is 24.1 Å². The second-order valence-electron chi connectivity index (χ2n) is 13.3. The fourth-order valence-electron chi connectivity index (χ4n) is 6.55. The van der Waals surface area contributed by atoms with Gasteiger partial charge in [0, 0.05) is 47.7 Å². The Morgan fingerprint density at radius 2 is 1.20 bits per heavy atom. The summed E-state index contributed by atoms with van der Waals surface area (Å²) in [5.41, 5.74) is 0.375. The number of carboxylic acids is 1. The largest absolute Gasteiger partial charge is 1.00 e. The average molecular weight is 1080 g/mol. The average Bonchev–Trinajstić information content (AvgIpc) is 3.30. The van der Waals surface area contributed by atoms with Gasteiger partial charge in [-0.15, -0.1) is 24.7 Å². The Kier molecular flexibility index (Phi) is 22.5. The minimum absolute atomic E-state index is 0. The molecule has 32 heteroatoms. The quantitative estimate of drug-likeness (QED) is 0.0179. The molecule has 0 fully saturated rings. The van der Waals surface area contributed by atoms with Gasteiger partial charge in [0.1, 0.15) is 20.2 Å². The topological polar surface area (TPSA) is 342 Å². The van der Waals surface area contributed by atoms with Gasteiger partial charge in [-0.05, 0) is 88.8 Å². The van der Waals surface area contributed by atoms with E-state index in [-0.39, 0.29) is 169 Å². The number of carboxylic acid groups (broad SMARTS) is 1. The summed E-state index contributed by atoms with van der Waals surface area (Å²) in [4.78, 5) is 22.1. The number of rotatable bonds is 16. The molecule has 0 atom stereocenters. The third-order valence-electron chi connectivity index (χ3n) is 9.31. The number of pyridine rings is 1. The smallest absolute Gasteiger partial charge is 0.744 e. The van der Waals surface area contributed by atoms with E-state index in [4.69, 9.17) is 0 Å². The van der Waals surface area contributed by atoms with Crippen molar-refractivity contribution in [1.29, 1.82) is 0 Å². The van der Waals surface area contributed by atoms with Crippen LogP contribution in [0.5, 0.6) is 0 Å². The maximum atomic E-state index is 14.8. The number of nitrogens with zero attached hydrogens (tertiary/aromatic N) is 8. The molecule has 0 aliphatic rings. The zero-order valence-electron chi connectivity index (χ0n) is 36.8. The first-order valence-electron chi connectivity index (χ1n) is 18.2. The zero-order chi connectivity index (χ0) is 47.5. The molecule has 8 aromatic rings. The number of azo groups is 2. The van der Waals surface area contributed by atoms with Crippen molar-refractivity contribution in [1.82, 2.24) is 15.0 Å². The van der Waals surface area contributed by atoms with Crippen molar-refractivity contribution in [3.8, 4) is 5.95 Å². The van der Waals surface area contributed by atoms with Gasteiger partial charge < -0.3 is 34.8 Å². The Labute approximate surface area is 496 Å². The fraction of sp³-hybridized carbons (Fsp3) is 0. The normalized spacial score (nSPS) is 11.6. The van der Waals surface area contributed by atoms with Crippen LogP contribution in [0.2, 0.25) is 0 Å². The zero-order valence-corrected chi connectivity index (χ0v) is 48.0. The van der Waals surface area contributed by atoms with Crippen molar-refractivity contribution in [2.75, 3.05) is 5.32 Å². The summed E-state index contributed by atoms with van der Waals surface area (Å²) in [6.45, 7) is 0. The molecule has 1 N–H and O–H groups in total. The van der Waals surface area contributed by atoms with E-state index in [1.54, 1.807) is 30.3 Å². The second-order valence-corrected chi connectivity index (χ2v) is 17.6. The van der Waals surface area contributed by atoms with Crippen molar-refractivity contribution < 1.29 is 192 Å². The maximum Gasteiger partial charge on any atom is 1.00 e. The van der Waals surface area contributed by atoms with Crippen LogP contribution in [0, 0.1) is 6.08 Å². The molecule has 6 aromatic carbocycles. The van der Waals surface area contributed by atoms with Crippen LogP contribution in [0.3, 0.4) is 0 Å². The second kappa shape index (κ2) is 26.4. The third-order valence-corrected chi connectivity index (χ3v) is 12.2. The van der Waals surface area contributed by atoms with E-state index in [0.717, 1.165) is 41.1 Å². The van der Waals surface area contributed by atoms with Gasteiger partial charge in [-0.25, -0.2) is 21.4 Å². The van der Waals surface area contributed by atoms with Crippen LogP contribution < -0.4 is 144 Å². The van der Waals surface area contributed by atoms with Gasteiger partial charge in [0.2, 0.25) is 0 Å². The summed E-state index contributed by atoms with van der Waals surface area (Å²) in [5, 5.41) is 60.7. The van der Waals surface area contributed by atoms with Crippen molar-refractivity contribution in [2.24, 2.45) is 20.5 Å². The fourth-order valence-corrected chi connectivity index (χ4v) is 8.74. The predicted molar refractivity (Wildman–Crippen MR) is 221 cm³/mol. The molecule has 0 amide bonds. The molecule has 0 aliphatic heterocycles. The van der Waals surface area contributed by atoms with E-state index in [2.05, 4.69) is 59.5 Å². The number of fused-ring (bicyclic) bond motifs is 3. The number of carbonyl (C=O) groups is 1. The summed E-state index contributed by atoms with van der Waals surface area (Å²) >= 11 is 1.13.